The van der Waals surface area contributed by atoms with Crippen molar-refractivity contribution in [3.8, 4) is 0 Å². The minimum atomic E-state index is -0.214. The first-order chi connectivity index (χ1) is 7.18. The standard InChI is InChI=1S/C10H9Cl2NO2/c11-7-2-3-8(9(12)6-7)10(14)13-4-1-5-15-13/h2-3,6H,1,4-5H2. The minimum Gasteiger partial charge on any atom is -0.271 e. The Morgan fingerprint density at radius 2 is 2.20 bits per heavy atom. The second-order valence-electron chi connectivity index (χ2n) is 3.22. The summed E-state index contributed by atoms with van der Waals surface area (Å²) >= 11 is 11.7. The highest BCUT2D eigenvalue weighted by atomic mass is 35.5. The van der Waals surface area contributed by atoms with Crippen LogP contribution in [0.3, 0.4) is 0 Å². The monoisotopic (exact) mass is 245 g/mol. The van der Waals surface area contributed by atoms with Crippen molar-refractivity contribution >= 4 is 29.1 Å². The Morgan fingerprint density at radius 3 is 2.80 bits per heavy atom. The highest BCUT2D eigenvalue weighted by molar-refractivity contribution is 6.36. The number of nitrogens with zero attached hydrogens (tertiary/aromatic N) is 1. The molecule has 1 saturated heterocycles. The van der Waals surface area contributed by atoms with E-state index in [0.717, 1.165) is 6.42 Å². The van der Waals surface area contributed by atoms with Crippen LogP contribution in [0.5, 0.6) is 0 Å². The molecule has 0 unspecified atom stereocenters. The molecule has 0 aromatic heterocycles. The lowest BCUT2D eigenvalue weighted by molar-refractivity contribution is -0.0768. The highest BCUT2D eigenvalue weighted by Gasteiger charge is 2.22. The summed E-state index contributed by atoms with van der Waals surface area (Å²) in [6.45, 7) is 1.19. The van der Waals surface area contributed by atoms with Crippen LogP contribution in [-0.4, -0.2) is 24.1 Å². The maximum Gasteiger partial charge on any atom is 0.278 e. The van der Waals surface area contributed by atoms with Crippen LogP contribution in [0.2, 0.25) is 10.0 Å². The molecule has 0 spiro atoms. The molecule has 1 aromatic carbocycles. The first-order valence-corrected chi connectivity index (χ1v) is 5.34. The largest absolute Gasteiger partial charge is 0.278 e. The van der Waals surface area contributed by atoms with Gasteiger partial charge in [0.05, 0.1) is 23.7 Å². The minimum absolute atomic E-state index is 0.214. The van der Waals surface area contributed by atoms with E-state index in [1.807, 2.05) is 0 Å². The van der Waals surface area contributed by atoms with Crippen molar-refractivity contribution < 1.29 is 9.63 Å². The van der Waals surface area contributed by atoms with E-state index in [4.69, 9.17) is 28.0 Å². The summed E-state index contributed by atoms with van der Waals surface area (Å²) in [5.41, 5.74) is 0.419. The van der Waals surface area contributed by atoms with E-state index in [1.165, 1.54) is 5.06 Å². The lowest BCUT2D eigenvalue weighted by atomic mass is 10.2. The average Bonchev–Trinajstić information content (AvgIpc) is 2.69. The molecule has 0 aliphatic carbocycles. The van der Waals surface area contributed by atoms with Crippen LogP contribution < -0.4 is 0 Å². The van der Waals surface area contributed by atoms with Crippen LogP contribution >= 0.6 is 23.2 Å². The molecule has 1 fully saturated rings. The highest BCUT2D eigenvalue weighted by Crippen LogP contribution is 2.23. The first kappa shape index (κ1) is 10.7. The maximum absolute atomic E-state index is 11.9. The number of carbonyl (C=O) groups is 1. The topological polar surface area (TPSA) is 29.5 Å². The molecule has 1 aliphatic rings. The Kier molecular flexibility index (Phi) is 3.14. The number of halogens is 2. The Labute approximate surface area is 97.5 Å². The van der Waals surface area contributed by atoms with Gasteiger partial charge in [-0.1, -0.05) is 23.2 Å². The lowest BCUT2D eigenvalue weighted by Gasteiger charge is -2.14. The molecule has 2 rings (SSSR count). The lowest BCUT2D eigenvalue weighted by Crippen LogP contribution is -2.26. The fraction of sp³-hybridized carbons (Fsp3) is 0.300. The van der Waals surface area contributed by atoms with Crippen LogP contribution in [0.4, 0.5) is 0 Å². The Balaban J connectivity index is 2.24. The van der Waals surface area contributed by atoms with Crippen LogP contribution in [0, 0.1) is 0 Å². The molecule has 0 N–H and O–H groups in total. The van der Waals surface area contributed by atoms with Gasteiger partial charge in [0.2, 0.25) is 0 Å². The van der Waals surface area contributed by atoms with Gasteiger partial charge < -0.3 is 0 Å². The van der Waals surface area contributed by atoms with Crippen molar-refractivity contribution in [3.05, 3.63) is 33.8 Å². The molecule has 15 heavy (non-hydrogen) atoms. The Bertz CT molecular complexity index is 389. The van der Waals surface area contributed by atoms with Gasteiger partial charge in [0, 0.05) is 5.02 Å². The molecule has 0 bridgehead atoms. The van der Waals surface area contributed by atoms with Crippen LogP contribution in [0.1, 0.15) is 16.8 Å². The van der Waals surface area contributed by atoms with Crippen LogP contribution in [0.25, 0.3) is 0 Å². The number of carbonyl (C=O) groups excluding carboxylic acids is 1. The Hall–Kier alpha value is -0.770. The molecule has 1 aromatic rings. The zero-order valence-corrected chi connectivity index (χ0v) is 9.38. The summed E-state index contributed by atoms with van der Waals surface area (Å²) in [5, 5.41) is 2.19. The fourth-order valence-corrected chi connectivity index (χ4v) is 1.89. The van der Waals surface area contributed by atoms with E-state index < -0.39 is 0 Å². The quantitative estimate of drug-likeness (QED) is 0.762. The van der Waals surface area contributed by atoms with Crippen molar-refractivity contribution in [2.24, 2.45) is 0 Å². The van der Waals surface area contributed by atoms with Crippen molar-refractivity contribution in [3.63, 3.8) is 0 Å². The third-order valence-corrected chi connectivity index (χ3v) is 2.69. The molecule has 0 radical (unpaired) electrons. The molecule has 5 heteroatoms. The summed E-state index contributed by atoms with van der Waals surface area (Å²) in [7, 11) is 0. The number of hydrogen-bond acceptors (Lipinski definition) is 2. The van der Waals surface area contributed by atoms with Gasteiger partial charge in [-0.25, -0.2) is 5.06 Å². The van der Waals surface area contributed by atoms with E-state index in [9.17, 15) is 4.79 Å². The second-order valence-corrected chi connectivity index (χ2v) is 4.06. The molecule has 1 aliphatic heterocycles. The molecule has 80 valence electrons. The summed E-state index contributed by atoms with van der Waals surface area (Å²) < 4.78 is 0. The molecule has 1 amide bonds. The SMILES string of the molecule is O=C(c1ccc(Cl)cc1Cl)N1CCCO1. The zero-order chi connectivity index (χ0) is 10.8. The van der Waals surface area contributed by atoms with E-state index in [-0.39, 0.29) is 5.91 Å². The van der Waals surface area contributed by atoms with Crippen molar-refractivity contribution in [1.82, 2.24) is 5.06 Å². The van der Waals surface area contributed by atoms with Gasteiger partial charge in [0.15, 0.2) is 0 Å². The predicted molar refractivity (Wildman–Crippen MR) is 58.1 cm³/mol. The van der Waals surface area contributed by atoms with Crippen molar-refractivity contribution in [2.45, 2.75) is 6.42 Å². The zero-order valence-electron chi connectivity index (χ0n) is 7.87. The fourth-order valence-electron chi connectivity index (χ4n) is 1.40. The van der Waals surface area contributed by atoms with Crippen molar-refractivity contribution in [2.75, 3.05) is 13.2 Å². The van der Waals surface area contributed by atoms with Gasteiger partial charge in [-0.15, -0.1) is 0 Å². The van der Waals surface area contributed by atoms with Gasteiger partial charge >= 0.3 is 0 Å². The third-order valence-electron chi connectivity index (χ3n) is 2.14. The second kappa shape index (κ2) is 4.39. The normalized spacial score (nSPS) is 15.7. The number of hydrogen-bond donors (Lipinski definition) is 0. The van der Waals surface area contributed by atoms with Crippen molar-refractivity contribution in [1.29, 1.82) is 0 Å². The summed E-state index contributed by atoms with van der Waals surface area (Å²) in [6, 6.07) is 4.79. The summed E-state index contributed by atoms with van der Waals surface area (Å²) in [4.78, 5) is 17.0. The smallest absolute Gasteiger partial charge is 0.271 e. The van der Waals surface area contributed by atoms with Gasteiger partial charge in [0.1, 0.15) is 0 Å². The van der Waals surface area contributed by atoms with Gasteiger partial charge in [-0.05, 0) is 24.6 Å². The molecule has 0 saturated carbocycles. The maximum atomic E-state index is 11.9. The molecule has 1 heterocycles. The van der Waals surface area contributed by atoms with E-state index in [2.05, 4.69) is 0 Å². The third kappa shape index (κ3) is 2.25. The van der Waals surface area contributed by atoms with Crippen LogP contribution in [-0.2, 0) is 4.84 Å². The molecular formula is C10H9Cl2NO2. The number of hydroxylamine groups is 2. The van der Waals surface area contributed by atoms with E-state index in [0.29, 0.717) is 28.8 Å². The molecule has 0 atom stereocenters. The number of rotatable bonds is 1. The number of amides is 1. The van der Waals surface area contributed by atoms with Gasteiger partial charge in [-0.3, -0.25) is 9.63 Å². The Morgan fingerprint density at radius 1 is 1.40 bits per heavy atom. The van der Waals surface area contributed by atoms with Gasteiger partial charge in [0.25, 0.3) is 5.91 Å². The predicted octanol–water partition coefficient (Wildman–Crippen LogP) is 2.77. The molecular weight excluding hydrogens is 237 g/mol. The first-order valence-electron chi connectivity index (χ1n) is 4.58. The van der Waals surface area contributed by atoms with Crippen LogP contribution in [0.15, 0.2) is 18.2 Å². The summed E-state index contributed by atoms with van der Waals surface area (Å²) in [6.07, 6.45) is 0.858. The van der Waals surface area contributed by atoms with E-state index >= 15 is 0 Å². The van der Waals surface area contributed by atoms with Gasteiger partial charge in [-0.2, -0.15) is 0 Å². The van der Waals surface area contributed by atoms with E-state index in [1.54, 1.807) is 18.2 Å². The number of benzene rings is 1. The summed E-state index contributed by atoms with van der Waals surface area (Å²) in [5.74, 6) is -0.214. The molecule has 3 nitrogen and oxygen atoms in total. The average molecular weight is 246 g/mol.